The minimum Gasteiger partial charge on any atom is -0.326 e. The first-order valence-corrected chi connectivity index (χ1v) is 6.33. The van der Waals surface area contributed by atoms with Gasteiger partial charge in [-0.25, -0.2) is 4.98 Å². The molecule has 1 aromatic heterocycles. The molecule has 2 aromatic rings. The van der Waals surface area contributed by atoms with Crippen LogP contribution >= 0.6 is 11.6 Å². The molecule has 0 aliphatic rings. The summed E-state index contributed by atoms with van der Waals surface area (Å²) in [6.45, 7) is 2.68. The summed E-state index contributed by atoms with van der Waals surface area (Å²) >= 11 is 6.11. The molecule has 0 unspecified atom stereocenters. The molecule has 3 nitrogen and oxygen atoms in total. The van der Waals surface area contributed by atoms with Crippen LogP contribution in [0, 0.1) is 12.3 Å². The van der Waals surface area contributed by atoms with Gasteiger partial charge in [-0.05, 0) is 18.4 Å². The highest BCUT2D eigenvalue weighted by atomic mass is 35.5. The van der Waals surface area contributed by atoms with E-state index in [1.54, 1.807) is 11.0 Å². The summed E-state index contributed by atoms with van der Waals surface area (Å²) in [4.78, 5) is 18.0. The molecule has 0 aliphatic carbocycles. The van der Waals surface area contributed by atoms with Gasteiger partial charge in [-0.3, -0.25) is 4.79 Å². The second-order valence-corrected chi connectivity index (χ2v) is 4.40. The molecule has 0 radical (unpaired) electrons. The highest BCUT2D eigenvalue weighted by Gasteiger charge is 2.16. The van der Waals surface area contributed by atoms with E-state index in [1.165, 1.54) is 0 Å². The molecule has 0 bridgehead atoms. The van der Waals surface area contributed by atoms with E-state index in [2.05, 4.69) is 10.9 Å². The lowest BCUT2D eigenvalue weighted by molar-refractivity contribution is 0.0779. The first kappa shape index (κ1) is 13.4. The van der Waals surface area contributed by atoms with Gasteiger partial charge in [-0.15, -0.1) is 6.42 Å². The Balaban J connectivity index is 2.46. The van der Waals surface area contributed by atoms with E-state index in [1.807, 2.05) is 31.2 Å². The lowest BCUT2D eigenvalue weighted by Crippen LogP contribution is -2.31. The minimum atomic E-state index is -0.201. The molecule has 4 heteroatoms. The summed E-state index contributed by atoms with van der Waals surface area (Å²) < 4.78 is 0. The number of aromatic nitrogens is 1. The van der Waals surface area contributed by atoms with Gasteiger partial charge >= 0.3 is 0 Å². The number of fused-ring (bicyclic) bond motifs is 1. The molecule has 0 fully saturated rings. The van der Waals surface area contributed by atoms with Gasteiger partial charge in [0.1, 0.15) is 10.8 Å². The van der Waals surface area contributed by atoms with Gasteiger partial charge in [-0.1, -0.05) is 41.8 Å². The van der Waals surface area contributed by atoms with Crippen molar-refractivity contribution in [1.82, 2.24) is 9.88 Å². The Morgan fingerprint density at radius 2 is 2.21 bits per heavy atom. The quantitative estimate of drug-likeness (QED) is 0.636. The fourth-order valence-electron chi connectivity index (χ4n) is 1.87. The maximum atomic E-state index is 12.3. The van der Waals surface area contributed by atoms with E-state index in [4.69, 9.17) is 18.0 Å². The zero-order valence-corrected chi connectivity index (χ0v) is 11.3. The van der Waals surface area contributed by atoms with Crippen LogP contribution < -0.4 is 0 Å². The molecular formula is C15H13ClN2O. The van der Waals surface area contributed by atoms with Crippen LogP contribution in [0.4, 0.5) is 0 Å². The van der Waals surface area contributed by atoms with Crippen molar-refractivity contribution in [3.8, 4) is 12.3 Å². The highest BCUT2D eigenvalue weighted by molar-refractivity contribution is 6.34. The number of terminal acetylenes is 1. The second-order valence-electron chi connectivity index (χ2n) is 4.04. The van der Waals surface area contributed by atoms with Crippen LogP contribution in [0.25, 0.3) is 10.8 Å². The number of halogens is 1. The summed E-state index contributed by atoms with van der Waals surface area (Å²) in [5.41, 5.74) is 0.320. The lowest BCUT2D eigenvalue weighted by atomic mass is 10.1. The summed E-state index contributed by atoms with van der Waals surface area (Å²) in [5, 5.41) is 2.06. The molecule has 0 saturated carbocycles. The van der Waals surface area contributed by atoms with Crippen molar-refractivity contribution in [3.05, 3.63) is 41.2 Å². The lowest BCUT2D eigenvalue weighted by Gasteiger charge is -2.17. The van der Waals surface area contributed by atoms with Crippen LogP contribution in [0.2, 0.25) is 5.15 Å². The van der Waals surface area contributed by atoms with Gasteiger partial charge in [0.25, 0.3) is 5.91 Å². The highest BCUT2D eigenvalue weighted by Crippen LogP contribution is 2.22. The number of carbonyl (C=O) groups excluding carboxylic acids is 1. The number of hydrogen-bond donors (Lipinski definition) is 0. The van der Waals surface area contributed by atoms with Crippen molar-refractivity contribution in [3.63, 3.8) is 0 Å². The van der Waals surface area contributed by atoms with Crippen LogP contribution in [0.5, 0.6) is 0 Å². The molecule has 1 amide bonds. The third kappa shape index (κ3) is 2.69. The Kier molecular flexibility index (Phi) is 4.03. The van der Waals surface area contributed by atoms with Gasteiger partial charge in [-0.2, -0.15) is 0 Å². The number of benzene rings is 1. The monoisotopic (exact) mass is 272 g/mol. The van der Waals surface area contributed by atoms with Crippen molar-refractivity contribution >= 4 is 28.3 Å². The number of rotatable bonds is 3. The second kappa shape index (κ2) is 5.73. The summed E-state index contributed by atoms with van der Waals surface area (Å²) in [5.74, 6) is 2.26. The van der Waals surface area contributed by atoms with E-state index in [-0.39, 0.29) is 12.5 Å². The molecule has 0 spiro atoms. The van der Waals surface area contributed by atoms with Gasteiger partial charge in [0.05, 0.1) is 6.54 Å². The molecular weight excluding hydrogens is 260 g/mol. The maximum Gasteiger partial charge on any atom is 0.273 e. The Bertz CT molecular complexity index is 661. The molecule has 19 heavy (non-hydrogen) atoms. The predicted molar refractivity (Wildman–Crippen MR) is 77.2 cm³/mol. The molecule has 0 N–H and O–H groups in total. The van der Waals surface area contributed by atoms with E-state index >= 15 is 0 Å². The van der Waals surface area contributed by atoms with Gasteiger partial charge in [0.15, 0.2) is 0 Å². The molecule has 96 valence electrons. The zero-order valence-electron chi connectivity index (χ0n) is 10.6. The molecule has 1 heterocycles. The van der Waals surface area contributed by atoms with Crippen LogP contribution in [-0.4, -0.2) is 28.9 Å². The van der Waals surface area contributed by atoms with Crippen molar-refractivity contribution in [2.75, 3.05) is 13.1 Å². The van der Waals surface area contributed by atoms with Crippen LogP contribution in [0.15, 0.2) is 30.3 Å². The topological polar surface area (TPSA) is 33.2 Å². The van der Waals surface area contributed by atoms with Gasteiger partial charge < -0.3 is 4.90 Å². The van der Waals surface area contributed by atoms with Crippen molar-refractivity contribution in [2.24, 2.45) is 0 Å². The zero-order chi connectivity index (χ0) is 13.8. The van der Waals surface area contributed by atoms with E-state index < -0.39 is 0 Å². The fraction of sp³-hybridized carbons (Fsp3) is 0.200. The standard InChI is InChI=1S/C15H13ClN2O/c1-3-9-18(4-2)15(19)13-10-11-7-5-6-8-12(11)14(16)17-13/h1,5-8,10H,4,9H2,2H3. The molecule has 0 atom stereocenters. The Hall–Kier alpha value is -2.05. The first-order chi connectivity index (χ1) is 9.17. The van der Waals surface area contributed by atoms with Crippen LogP contribution in [0.1, 0.15) is 17.4 Å². The maximum absolute atomic E-state index is 12.3. The largest absolute Gasteiger partial charge is 0.326 e. The van der Waals surface area contributed by atoms with Crippen LogP contribution in [0.3, 0.4) is 0 Å². The number of nitrogens with zero attached hydrogens (tertiary/aromatic N) is 2. The molecule has 1 aromatic carbocycles. The molecule has 0 aliphatic heterocycles. The van der Waals surface area contributed by atoms with Crippen molar-refractivity contribution in [1.29, 1.82) is 0 Å². The smallest absolute Gasteiger partial charge is 0.273 e. The Labute approximate surface area is 117 Å². The summed E-state index contributed by atoms with van der Waals surface area (Å²) in [7, 11) is 0. The van der Waals surface area contributed by atoms with Crippen LogP contribution in [-0.2, 0) is 0 Å². The number of hydrogen-bond acceptors (Lipinski definition) is 2. The average molecular weight is 273 g/mol. The van der Waals surface area contributed by atoms with E-state index in [0.717, 1.165) is 10.8 Å². The fourth-order valence-corrected chi connectivity index (χ4v) is 2.13. The number of amides is 1. The summed E-state index contributed by atoms with van der Waals surface area (Å²) in [6.07, 6.45) is 5.25. The Morgan fingerprint density at radius 1 is 1.47 bits per heavy atom. The van der Waals surface area contributed by atoms with E-state index in [0.29, 0.717) is 17.4 Å². The third-order valence-electron chi connectivity index (χ3n) is 2.86. The van der Waals surface area contributed by atoms with Gasteiger partial charge in [0.2, 0.25) is 0 Å². The van der Waals surface area contributed by atoms with E-state index in [9.17, 15) is 4.79 Å². The third-order valence-corrected chi connectivity index (χ3v) is 3.15. The summed E-state index contributed by atoms with van der Waals surface area (Å²) in [6, 6.07) is 9.29. The first-order valence-electron chi connectivity index (χ1n) is 5.95. The van der Waals surface area contributed by atoms with Gasteiger partial charge in [0, 0.05) is 11.9 Å². The average Bonchev–Trinajstić information content (AvgIpc) is 2.44. The minimum absolute atomic E-state index is 0.201. The number of pyridine rings is 1. The normalized spacial score (nSPS) is 10.2. The predicted octanol–water partition coefficient (Wildman–Crippen LogP) is 2.98. The molecule has 2 rings (SSSR count). The number of carbonyl (C=O) groups is 1. The van der Waals surface area contributed by atoms with Crippen molar-refractivity contribution < 1.29 is 4.79 Å². The molecule has 0 saturated heterocycles. The Morgan fingerprint density at radius 3 is 2.89 bits per heavy atom. The SMILES string of the molecule is C#CCN(CC)C(=O)c1cc2ccccc2c(Cl)n1. The van der Waals surface area contributed by atoms with Crippen molar-refractivity contribution in [2.45, 2.75) is 6.92 Å².